The summed E-state index contributed by atoms with van der Waals surface area (Å²) in [5.74, 6) is 1.42. The van der Waals surface area contributed by atoms with E-state index in [-0.39, 0.29) is 0 Å². The van der Waals surface area contributed by atoms with Crippen LogP contribution in [0.3, 0.4) is 0 Å². The molecule has 0 spiro atoms. The smallest absolute Gasteiger partial charge is 0.0863 e. The van der Waals surface area contributed by atoms with Crippen LogP contribution in [-0.2, 0) is 0 Å². The molecule has 2 rings (SSSR count). The zero-order valence-corrected chi connectivity index (χ0v) is 11.9. The average molecular weight is 249 g/mol. The van der Waals surface area contributed by atoms with Gasteiger partial charge in [-0.05, 0) is 56.8 Å². The van der Waals surface area contributed by atoms with Crippen LogP contribution in [0.4, 0.5) is 0 Å². The van der Waals surface area contributed by atoms with Crippen molar-refractivity contribution in [3.63, 3.8) is 0 Å². The van der Waals surface area contributed by atoms with Gasteiger partial charge in [0, 0.05) is 0 Å². The van der Waals surface area contributed by atoms with Crippen LogP contribution in [0.25, 0.3) is 0 Å². The summed E-state index contributed by atoms with van der Waals surface area (Å²) in [5.41, 5.74) is -1.14. The molecular weight excluding hydrogens is 222 g/mol. The highest BCUT2D eigenvalue weighted by molar-refractivity contribution is 5.15. The number of nitriles is 1. The molecule has 2 heteroatoms. The summed E-state index contributed by atoms with van der Waals surface area (Å²) in [5, 5.41) is 20.7. The summed E-state index contributed by atoms with van der Waals surface area (Å²) in [6.07, 6.45) is 9.22. The van der Waals surface area contributed by atoms with Gasteiger partial charge in [0.05, 0.1) is 17.1 Å². The van der Waals surface area contributed by atoms with Crippen molar-refractivity contribution >= 4 is 0 Å². The van der Waals surface area contributed by atoms with Gasteiger partial charge in [-0.1, -0.05) is 26.7 Å². The first-order chi connectivity index (χ1) is 8.59. The molecule has 0 heterocycles. The van der Waals surface area contributed by atoms with Crippen LogP contribution < -0.4 is 0 Å². The first-order valence-corrected chi connectivity index (χ1v) is 7.73. The summed E-state index contributed by atoms with van der Waals surface area (Å²) in [7, 11) is 0. The number of hydrogen-bond donors (Lipinski definition) is 1. The van der Waals surface area contributed by atoms with Crippen molar-refractivity contribution in [2.45, 2.75) is 77.2 Å². The molecule has 0 aromatic heterocycles. The number of aliphatic hydroxyl groups is 1. The number of nitrogens with zero attached hydrogens (tertiary/aromatic N) is 1. The molecule has 0 amide bonds. The Morgan fingerprint density at radius 3 is 2.06 bits per heavy atom. The van der Waals surface area contributed by atoms with Crippen molar-refractivity contribution in [2.75, 3.05) is 0 Å². The van der Waals surface area contributed by atoms with E-state index in [1.54, 1.807) is 0 Å². The molecule has 2 nitrogen and oxygen atoms in total. The maximum atomic E-state index is 11.0. The van der Waals surface area contributed by atoms with Crippen LogP contribution in [-0.4, -0.2) is 10.7 Å². The molecule has 102 valence electrons. The lowest BCUT2D eigenvalue weighted by Gasteiger charge is -2.45. The monoisotopic (exact) mass is 249 g/mol. The fourth-order valence-corrected chi connectivity index (χ4v) is 4.17. The summed E-state index contributed by atoms with van der Waals surface area (Å²) >= 11 is 0. The Balaban J connectivity index is 2.11. The van der Waals surface area contributed by atoms with Gasteiger partial charge in [0.15, 0.2) is 0 Å². The van der Waals surface area contributed by atoms with Gasteiger partial charge in [0.25, 0.3) is 0 Å². The predicted molar refractivity (Wildman–Crippen MR) is 72.9 cm³/mol. The maximum absolute atomic E-state index is 11.0. The summed E-state index contributed by atoms with van der Waals surface area (Å²) in [6, 6.07) is 2.53. The zero-order chi connectivity index (χ0) is 13.2. The highest BCUT2D eigenvalue weighted by Crippen LogP contribution is 2.55. The van der Waals surface area contributed by atoms with E-state index in [9.17, 15) is 10.4 Å². The van der Waals surface area contributed by atoms with Crippen molar-refractivity contribution in [1.29, 1.82) is 5.26 Å². The molecule has 0 bridgehead atoms. The first kappa shape index (κ1) is 13.9. The molecule has 2 unspecified atom stereocenters. The van der Waals surface area contributed by atoms with Crippen molar-refractivity contribution in [3.8, 4) is 6.07 Å². The van der Waals surface area contributed by atoms with Gasteiger partial charge in [-0.2, -0.15) is 5.26 Å². The summed E-state index contributed by atoms with van der Waals surface area (Å²) in [6.45, 7) is 4.44. The second kappa shape index (κ2) is 5.21. The minimum absolute atomic E-state index is 0.438. The number of hydrogen-bond acceptors (Lipinski definition) is 2. The van der Waals surface area contributed by atoms with Gasteiger partial charge in [-0.3, -0.25) is 0 Å². The van der Waals surface area contributed by atoms with Crippen molar-refractivity contribution in [2.24, 2.45) is 17.3 Å². The minimum Gasteiger partial charge on any atom is -0.388 e. The topological polar surface area (TPSA) is 44.0 Å². The molecule has 0 aromatic rings. The van der Waals surface area contributed by atoms with Gasteiger partial charge in [-0.15, -0.1) is 0 Å². The SMILES string of the molecule is CCC1CCC(O)(C2(C#N)CCC(CC)C2)CC1. The Kier molecular flexibility index (Phi) is 4.02. The molecule has 2 saturated carbocycles. The lowest BCUT2D eigenvalue weighted by Crippen LogP contribution is -2.48. The molecule has 2 aliphatic rings. The highest BCUT2D eigenvalue weighted by atomic mass is 16.3. The van der Waals surface area contributed by atoms with E-state index >= 15 is 0 Å². The Morgan fingerprint density at radius 1 is 1.06 bits per heavy atom. The Morgan fingerprint density at radius 2 is 1.61 bits per heavy atom. The molecule has 0 radical (unpaired) electrons. The van der Waals surface area contributed by atoms with E-state index in [4.69, 9.17) is 0 Å². The van der Waals surface area contributed by atoms with Gasteiger partial charge in [-0.25, -0.2) is 0 Å². The summed E-state index contributed by atoms with van der Waals surface area (Å²) in [4.78, 5) is 0. The van der Waals surface area contributed by atoms with Gasteiger partial charge < -0.3 is 5.11 Å². The lowest BCUT2D eigenvalue weighted by atomic mass is 9.62. The van der Waals surface area contributed by atoms with E-state index in [1.807, 2.05) is 0 Å². The molecule has 0 saturated heterocycles. The third-order valence-electron chi connectivity index (χ3n) is 5.81. The lowest BCUT2D eigenvalue weighted by molar-refractivity contribution is -0.0904. The Hall–Kier alpha value is -0.550. The van der Waals surface area contributed by atoms with E-state index in [0.29, 0.717) is 5.92 Å². The normalized spacial score (nSPS) is 44.8. The van der Waals surface area contributed by atoms with Crippen LogP contribution in [0.1, 0.15) is 71.6 Å². The highest BCUT2D eigenvalue weighted by Gasteiger charge is 2.54. The third-order valence-corrected chi connectivity index (χ3v) is 5.81. The second-order valence-electron chi connectivity index (χ2n) is 6.59. The molecule has 2 fully saturated rings. The molecule has 0 aliphatic heterocycles. The fourth-order valence-electron chi connectivity index (χ4n) is 4.17. The van der Waals surface area contributed by atoms with Gasteiger partial charge >= 0.3 is 0 Å². The van der Waals surface area contributed by atoms with Gasteiger partial charge in [0.1, 0.15) is 0 Å². The molecule has 18 heavy (non-hydrogen) atoms. The van der Waals surface area contributed by atoms with Crippen LogP contribution in [0, 0.1) is 28.6 Å². The van der Waals surface area contributed by atoms with E-state index < -0.39 is 11.0 Å². The standard InChI is InChI=1S/C16H27NO/c1-3-13-6-9-16(18,10-7-13)15(12-17)8-5-14(4-2)11-15/h13-14,18H,3-11H2,1-2H3. The second-order valence-corrected chi connectivity index (χ2v) is 6.59. The van der Waals surface area contributed by atoms with Gasteiger partial charge in [0.2, 0.25) is 0 Å². The largest absolute Gasteiger partial charge is 0.388 e. The maximum Gasteiger partial charge on any atom is 0.0863 e. The molecule has 0 aromatic carbocycles. The van der Waals surface area contributed by atoms with Crippen molar-refractivity contribution in [3.05, 3.63) is 0 Å². The minimum atomic E-state index is -0.697. The first-order valence-electron chi connectivity index (χ1n) is 7.73. The predicted octanol–water partition coefficient (Wildman–Crippen LogP) is 4.04. The van der Waals surface area contributed by atoms with Crippen LogP contribution >= 0.6 is 0 Å². The molecule has 2 aliphatic carbocycles. The third kappa shape index (κ3) is 2.18. The van der Waals surface area contributed by atoms with Crippen LogP contribution in [0.5, 0.6) is 0 Å². The van der Waals surface area contributed by atoms with E-state index in [0.717, 1.165) is 57.3 Å². The van der Waals surface area contributed by atoms with Crippen LogP contribution in [0.2, 0.25) is 0 Å². The summed E-state index contributed by atoms with van der Waals surface area (Å²) < 4.78 is 0. The zero-order valence-electron chi connectivity index (χ0n) is 11.9. The van der Waals surface area contributed by atoms with E-state index in [2.05, 4.69) is 19.9 Å². The Labute approximate surface area is 111 Å². The quantitative estimate of drug-likeness (QED) is 0.820. The van der Waals surface area contributed by atoms with Crippen LogP contribution in [0.15, 0.2) is 0 Å². The molecule has 2 atom stereocenters. The molecule has 1 N–H and O–H groups in total. The van der Waals surface area contributed by atoms with Crippen molar-refractivity contribution in [1.82, 2.24) is 0 Å². The fraction of sp³-hybridized carbons (Fsp3) is 0.938. The Bertz CT molecular complexity index is 324. The van der Waals surface area contributed by atoms with Crippen molar-refractivity contribution < 1.29 is 5.11 Å². The molecular formula is C16H27NO. The number of rotatable bonds is 3. The van der Waals surface area contributed by atoms with E-state index in [1.165, 1.54) is 6.42 Å². The average Bonchev–Trinajstić information content (AvgIpc) is 2.85.